The Hall–Kier alpha value is -1.90. The van der Waals surface area contributed by atoms with E-state index in [0.717, 1.165) is 36.1 Å². The van der Waals surface area contributed by atoms with E-state index in [2.05, 4.69) is 35.9 Å². The first kappa shape index (κ1) is 12.2. The number of hydrogen-bond acceptors (Lipinski definition) is 2. The van der Waals surface area contributed by atoms with Gasteiger partial charge in [-0.15, -0.1) is 0 Å². The molecule has 0 atom stereocenters. The molecule has 1 heterocycles. The molecule has 1 N–H and O–H groups in total. The van der Waals surface area contributed by atoms with E-state index in [-0.39, 0.29) is 5.56 Å². The van der Waals surface area contributed by atoms with Crippen molar-refractivity contribution in [1.82, 2.24) is 9.97 Å². The summed E-state index contributed by atoms with van der Waals surface area (Å²) in [5, 5.41) is 0. The van der Waals surface area contributed by atoms with Crippen molar-refractivity contribution >= 4 is 0 Å². The summed E-state index contributed by atoms with van der Waals surface area (Å²) in [6.45, 7) is 4.34. The predicted octanol–water partition coefficient (Wildman–Crippen LogP) is 3.05. The maximum absolute atomic E-state index is 12.0. The van der Waals surface area contributed by atoms with Crippen LogP contribution in [0.15, 0.2) is 29.1 Å². The lowest BCUT2D eigenvalue weighted by molar-refractivity contribution is 0.866. The van der Waals surface area contributed by atoms with Crippen LogP contribution in [0.4, 0.5) is 0 Å². The Balaban J connectivity index is 2.03. The van der Waals surface area contributed by atoms with E-state index in [1.165, 1.54) is 5.56 Å². The molecule has 2 aromatic rings. The standard InChI is InChI=1S/C16H18N2O/c1-10(2)11-6-8-12(9-7-11)15-17-14-5-3-4-13(14)16(19)18-15/h6-10H,3-5H2,1-2H3,(H,17,18,19). The third-order valence-corrected chi connectivity index (χ3v) is 3.79. The highest BCUT2D eigenvalue weighted by Crippen LogP contribution is 2.22. The monoisotopic (exact) mass is 254 g/mol. The van der Waals surface area contributed by atoms with Crippen molar-refractivity contribution < 1.29 is 0 Å². The Morgan fingerprint density at radius 1 is 1.16 bits per heavy atom. The van der Waals surface area contributed by atoms with E-state index >= 15 is 0 Å². The fraction of sp³-hybridized carbons (Fsp3) is 0.375. The average molecular weight is 254 g/mol. The molecule has 0 bridgehead atoms. The number of aryl methyl sites for hydroxylation is 1. The summed E-state index contributed by atoms with van der Waals surface area (Å²) in [5.41, 5.74) is 4.17. The number of aromatic nitrogens is 2. The van der Waals surface area contributed by atoms with Gasteiger partial charge in [0.2, 0.25) is 0 Å². The number of hydrogen-bond donors (Lipinski definition) is 1. The minimum Gasteiger partial charge on any atom is -0.306 e. The molecule has 0 unspecified atom stereocenters. The van der Waals surface area contributed by atoms with Crippen LogP contribution in [0.2, 0.25) is 0 Å². The van der Waals surface area contributed by atoms with Crippen molar-refractivity contribution in [3.8, 4) is 11.4 Å². The first-order valence-corrected chi connectivity index (χ1v) is 6.87. The van der Waals surface area contributed by atoms with Crippen LogP contribution in [-0.4, -0.2) is 9.97 Å². The third-order valence-electron chi connectivity index (χ3n) is 3.79. The molecule has 19 heavy (non-hydrogen) atoms. The van der Waals surface area contributed by atoms with E-state index in [9.17, 15) is 4.79 Å². The minimum absolute atomic E-state index is 0.0328. The maximum Gasteiger partial charge on any atom is 0.254 e. The van der Waals surface area contributed by atoms with Gasteiger partial charge in [0, 0.05) is 11.1 Å². The molecule has 0 radical (unpaired) electrons. The molecule has 98 valence electrons. The lowest BCUT2D eigenvalue weighted by Gasteiger charge is -2.07. The second kappa shape index (κ2) is 4.65. The van der Waals surface area contributed by atoms with Crippen LogP contribution in [0, 0.1) is 0 Å². The van der Waals surface area contributed by atoms with E-state index in [0.29, 0.717) is 11.7 Å². The zero-order chi connectivity index (χ0) is 13.4. The Labute approximate surface area is 112 Å². The molecule has 1 aliphatic rings. The fourth-order valence-electron chi connectivity index (χ4n) is 2.60. The fourth-order valence-corrected chi connectivity index (χ4v) is 2.60. The quantitative estimate of drug-likeness (QED) is 0.895. The number of H-pyrrole nitrogens is 1. The maximum atomic E-state index is 12.0. The van der Waals surface area contributed by atoms with Crippen molar-refractivity contribution in [2.24, 2.45) is 0 Å². The van der Waals surface area contributed by atoms with Gasteiger partial charge in [-0.2, -0.15) is 0 Å². The molecule has 0 amide bonds. The number of nitrogens with zero attached hydrogens (tertiary/aromatic N) is 1. The zero-order valence-electron chi connectivity index (χ0n) is 11.4. The molecule has 0 aliphatic heterocycles. The van der Waals surface area contributed by atoms with Crippen LogP contribution >= 0.6 is 0 Å². The second-order valence-corrected chi connectivity index (χ2v) is 5.47. The van der Waals surface area contributed by atoms with Crippen molar-refractivity contribution in [2.75, 3.05) is 0 Å². The van der Waals surface area contributed by atoms with Crippen LogP contribution in [0.1, 0.15) is 43.0 Å². The molecule has 3 heteroatoms. The molecule has 0 saturated heterocycles. The summed E-state index contributed by atoms with van der Waals surface area (Å²) >= 11 is 0. The summed E-state index contributed by atoms with van der Waals surface area (Å²) in [6, 6.07) is 8.28. The summed E-state index contributed by atoms with van der Waals surface area (Å²) in [5.74, 6) is 1.21. The normalized spacial score (nSPS) is 13.8. The molecule has 1 aliphatic carbocycles. The van der Waals surface area contributed by atoms with Crippen molar-refractivity contribution in [1.29, 1.82) is 0 Å². The lowest BCUT2D eigenvalue weighted by atomic mass is 10.0. The Kier molecular flexibility index (Phi) is 2.97. The van der Waals surface area contributed by atoms with E-state index in [1.807, 2.05) is 12.1 Å². The van der Waals surface area contributed by atoms with Gasteiger partial charge < -0.3 is 4.98 Å². The molecule has 3 rings (SSSR count). The van der Waals surface area contributed by atoms with Gasteiger partial charge in [0.05, 0.1) is 5.69 Å². The Morgan fingerprint density at radius 3 is 2.58 bits per heavy atom. The SMILES string of the molecule is CC(C)c1ccc(-c2nc3c(c(=O)[nH]2)CCC3)cc1. The number of rotatable bonds is 2. The molecule has 0 fully saturated rings. The molecule has 1 aromatic carbocycles. The molecular weight excluding hydrogens is 236 g/mol. The number of aromatic amines is 1. The van der Waals surface area contributed by atoms with Gasteiger partial charge in [0.25, 0.3) is 5.56 Å². The van der Waals surface area contributed by atoms with Gasteiger partial charge in [-0.25, -0.2) is 4.98 Å². The van der Waals surface area contributed by atoms with Crippen LogP contribution in [0.25, 0.3) is 11.4 Å². The number of fused-ring (bicyclic) bond motifs is 1. The first-order chi connectivity index (χ1) is 9.15. The number of nitrogens with one attached hydrogen (secondary N) is 1. The van der Waals surface area contributed by atoms with Crippen LogP contribution < -0.4 is 5.56 Å². The van der Waals surface area contributed by atoms with E-state index in [1.54, 1.807) is 0 Å². The largest absolute Gasteiger partial charge is 0.306 e. The van der Waals surface area contributed by atoms with Crippen molar-refractivity contribution in [3.05, 3.63) is 51.4 Å². The smallest absolute Gasteiger partial charge is 0.254 e. The summed E-state index contributed by atoms with van der Waals surface area (Å²) in [6.07, 6.45) is 2.84. The summed E-state index contributed by atoms with van der Waals surface area (Å²) < 4.78 is 0. The van der Waals surface area contributed by atoms with E-state index < -0.39 is 0 Å². The number of benzene rings is 1. The highest BCUT2D eigenvalue weighted by atomic mass is 16.1. The van der Waals surface area contributed by atoms with Gasteiger partial charge in [0.15, 0.2) is 0 Å². The average Bonchev–Trinajstić information content (AvgIpc) is 2.87. The zero-order valence-corrected chi connectivity index (χ0v) is 11.4. The lowest BCUT2D eigenvalue weighted by Crippen LogP contribution is -2.15. The van der Waals surface area contributed by atoms with Crippen molar-refractivity contribution in [3.63, 3.8) is 0 Å². The third kappa shape index (κ3) is 2.21. The second-order valence-electron chi connectivity index (χ2n) is 5.47. The predicted molar refractivity (Wildman–Crippen MR) is 76.4 cm³/mol. The molecule has 1 aromatic heterocycles. The van der Waals surface area contributed by atoms with Crippen LogP contribution in [-0.2, 0) is 12.8 Å². The minimum atomic E-state index is 0.0328. The van der Waals surface area contributed by atoms with Gasteiger partial charge >= 0.3 is 0 Å². The highest BCUT2D eigenvalue weighted by molar-refractivity contribution is 5.56. The highest BCUT2D eigenvalue weighted by Gasteiger charge is 2.17. The molecule has 0 saturated carbocycles. The van der Waals surface area contributed by atoms with Gasteiger partial charge in [-0.05, 0) is 30.7 Å². The topological polar surface area (TPSA) is 45.8 Å². The van der Waals surface area contributed by atoms with Crippen LogP contribution in [0.3, 0.4) is 0 Å². The molecule has 0 spiro atoms. The van der Waals surface area contributed by atoms with Gasteiger partial charge in [0.1, 0.15) is 5.82 Å². The molecular formula is C16H18N2O. The molecule has 3 nitrogen and oxygen atoms in total. The van der Waals surface area contributed by atoms with Crippen molar-refractivity contribution in [2.45, 2.75) is 39.0 Å². The Morgan fingerprint density at radius 2 is 1.89 bits per heavy atom. The van der Waals surface area contributed by atoms with Gasteiger partial charge in [-0.1, -0.05) is 38.1 Å². The Bertz CT molecular complexity index is 653. The summed E-state index contributed by atoms with van der Waals surface area (Å²) in [4.78, 5) is 19.5. The van der Waals surface area contributed by atoms with Gasteiger partial charge in [-0.3, -0.25) is 4.79 Å². The van der Waals surface area contributed by atoms with E-state index in [4.69, 9.17) is 0 Å². The summed E-state index contributed by atoms with van der Waals surface area (Å²) in [7, 11) is 0. The first-order valence-electron chi connectivity index (χ1n) is 6.87. The van der Waals surface area contributed by atoms with Crippen LogP contribution in [0.5, 0.6) is 0 Å².